The van der Waals surface area contributed by atoms with Gasteiger partial charge in [-0.3, -0.25) is 9.69 Å². The van der Waals surface area contributed by atoms with Gasteiger partial charge in [0, 0.05) is 32.7 Å². The molecule has 16 heavy (non-hydrogen) atoms. The molecule has 1 saturated carbocycles. The number of nitrogens with zero attached hydrogens (tertiary/aromatic N) is 2. The molecule has 1 heterocycles. The van der Waals surface area contributed by atoms with Gasteiger partial charge in [-0.25, -0.2) is 0 Å². The van der Waals surface area contributed by atoms with E-state index in [0.717, 1.165) is 45.6 Å². The number of hydrogen-bond donors (Lipinski definition) is 1. The molecule has 0 aromatic heterocycles. The maximum atomic E-state index is 12.0. The van der Waals surface area contributed by atoms with Gasteiger partial charge in [-0.15, -0.1) is 0 Å². The third-order valence-corrected chi connectivity index (χ3v) is 3.50. The Morgan fingerprint density at radius 2 is 1.81 bits per heavy atom. The van der Waals surface area contributed by atoms with Crippen LogP contribution >= 0.6 is 0 Å². The standard InChI is InChI=1S/C12H23N3O/c1-10(2)9-14-5-7-15(8-6-14)11(16)12(13)3-4-12/h10H,3-9,13H2,1-2H3. The highest BCUT2D eigenvalue weighted by Crippen LogP contribution is 2.34. The van der Waals surface area contributed by atoms with E-state index >= 15 is 0 Å². The molecule has 0 aromatic rings. The van der Waals surface area contributed by atoms with Crippen LogP contribution in [0.1, 0.15) is 26.7 Å². The molecule has 2 aliphatic rings. The van der Waals surface area contributed by atoms with Crippen molar-refractivity contribution in [3.8, 4) is 0 Å². The van der Waals surface area contributed by atoms with Gasteiger partial charge in [-0.1, -0.05) is 13.8 Å². The van der Waals surface area contributed by atoms with Crippen LogP contribution in [-0.2, 0) is 4.79 Å². The normalized spacial score (nSPS) is 24.9. The molecule has 1 saturated heterocycles. The number of rotatable bonds is 3. The summed E-state index contributed by atoms with van der Waals surface area (Å²) in [6.07, 6.45) is 1.75. The molecule has 2 fully saturated rings. The van der Waals surface area contributed by atoms with Crippen LogP contribution in [0.25, 0.3) is 0 Å². The molecule has 1 amide bonds. The second-order valence-electron chi connectivity index (χ2n) is 5.64. The van der Waals surface area contributed by atoms with E-state index in [1.165, 1.54) is 0 Å². The zero-order valence-corrected chi connectivity index (χ0v) is 10.4. The predicted octanol–water partition coefficient (Wildman–Crippen LogP) is 0.278. The van der Waals surface area contributed by atoms with Crippen molar-refractivity contribution >= 4 is 5.91 Å². The number of nitrogens with two attached hydrogens (primary N) is 1. The Morgan fingerprint density at radius 1 is 1.25 bits per heavy atom. The number of carbonyl (C=O) groups excluding carboxylic acids is 1. The lowest BCUT2D eigenvalue weighted by molar-refractivity contribution is -0.135. The van der Waals surface area contributed by atoms with E-state index in [1.54, 1.807) is 0 Å². The van der Waals surface area contributed by atoms with Gasteiger partial charge in [0.2, 0.25) is 5.91 Å². The first-order valence-corrected chi connectivity index (χ1v) is 6.32. The van der Waals surface area contributed by atoms with Crippen LogP contribution in [0.2, 0.25) is 0 Å². The summed E-state index contributed by atoms with van der Waals surface area (Å²) >= 11 is 0. The third-order valence-electron chi connectivity index (χ3n) is 3.50. The summed E-state index contributed by atoms with van der Waals surface area (Å²) in [6, 6.07) is 0. The molecule has 2 rings (SSSR count). The van der Waals surface area contributed by atoms with Gasteiger partial charge in [-0.05, 0) is 18.8 Å². The van der Waals surface area contributed by atoms with Crippen LogP contribution < -0.4 is 5.73 Å². The molecule has 0 atom stereocenters. The summed E-state index contributed by atoms with van der Waals surface area (Å²) in [7, 11) is 0. The SMILES string of the molecule is CC(C)CN1CCN(C(=O)C2(N)CC2)CC1. The Balaban J connectivity index is 1.79. The van der Waals surface area contributed by atoms with Crippen LogP contribution in [0, 0.1) is 5.92 Å². The van der Waals surface area contributed by atoms with Gasteiger partial charge in [-0.2, -0.15) is 0 Å². The van der Waals surface area contributed by atoms with E-state index in [-0.39, 0.29) is 5.91 Å². The molecule has 2 N–H and O–H groups in total. The van der Waals surface area contributed by atoms with Crippen LogP contribution in [0.3, 0.4) is 0 Å². The van der Waals surface area contributed by atoms with Gasteiger partial charge >= 0.3 is 0 Å². The monoisotopic (exact) mass is 225 g/mol. The maximum absolute atomic E-state index is 12.0. The van der Waals surface area contributed by atoms with Gasteiger partial charge in [0.1, 0.15) is 0 Å². The quantitative estimate of drug-likeness (QED) is 0.750. The van der Waals surface area contributed by atoms with Gasteiger partial charge in [0.05, 0.1) is 5.54 Å². The second-order valence-corrected chi connectivity index (χ2v) is 5.64. The lowest BCUT2D eigenvalue weighted by Crippen LogP contribution is -2.54. The number of hydrogen-bond acceptors (Lipinski definition) is 3. The largest absolute Gasteiger partial charge is 0.339 e. The molecule has 1 aliphatic heterocycles. The van der Waals surface area contributed by atoms with E-state index in [0.29, 0.717) is 5.92 Å². The molecule has 0 spiro atoms. The molecule has 0 bridgehead atoms. The molecule has 0 radical (unpaired) electrons. The van der Waals surface area contributed by atoms with Crippen molar-refractivity contribution < 1.29 is 4.79 Å². The number of carbonyl (C=O) groups is 1. The van der Waals surface area contributed by atoms with Gasteiger partial charge in [0.15, 0.2) is 0 Å². The summed E-state index contributed by atoms with van der Waals surface area (Å²) in [5.74, 6) is 0.878. The van der Waals surface area contributed by atoms with Crippen LogP contribution in [0.15, 0.2) is 0 Å². The first-order chi connectivity index (χ1) is 7.51. The Hall–Kier alpha value is -0.610. The molecule has 0 aromatic carbocycles. The maximum Gasteiger partial charge on any atom is 0.242 e. The lowest BCUT2D eigenvalue weighted by atomic mass is 10.1. The van der Waals surface area contributed by atoms with Crippen molar-refractivity contribution in [2.45, 2.75) is 32.2 Å². The zero-order valence-electron chi connectivity index (χ0n) is 10.4. The van der Waals surface area contributed by atoms with Crippen LogP contribution in [0.5, 0.6) is 0 Å². The zero-order chi connectivity index (χ0) is 11.8. The molecular formula is C12H23N3O. The van der Waals surface area contributed by atoms with Crippen molar-refractivity contribution in [2.75, 3.05) is 32.7 Å². The van der Waals surface area contributed by atoms with E-state index < -0.39 is 5.54 Å². The second kappa shape index (κ2) is 4.34. The Labute approximate surface area is 97.8 Å². The summed E-state index contributed by atoms with van der Waals surface area (Å²) in [5, 5.41) is 0. The fourth-order valence-corrected chi connectivity index (χ4v) is 2.31. The highest BCUT2D eigenvalue weighted by molar-refractivity contribution is 5.89. The van der Waals surface area contributed by atoms with Crippen molar-refractivity contribution in [2.24, 2.45) is 11.7 Å². The fourth-order valence-electron chi connectivity index (χ4n) is 2.31. The highest BCUT2D eigenvalue weighted by atomic mass is 16.2. The minimum atomic E-state index is -0.486. The van der Waals surface area contributed by atoms with Gasteiger partial charge < -0.3 is 10.6 Å². The predicted molar refractivity (Wildman–Crippen MR) is 64.0 cm³/mol. The van der Waals surface area contributed by atoms with Crippen molar-refractivity contribution in [1.82, 2.24) is 9.80 Å². The smallest absolute Gasteiger partial charge is 0.242 e. The Morgan fingerprint density at radius 3 is 2.25 bits per heavy atom. The Bertz CT molecular complexity index is 265. The molecule has 4 heteroatoms. The van der Waals surface area contributed by atoms with Gasteiger partial charge in [0.25, 0.3) is 0 Å². The van der Waals surface area contributed by atoms with Crippen molar-refractivity contribution in [1.29, 1.82) is 0 Å². The molecule has 0 unspecified atom stereocenters. The molecular weight excluding hydrogens is 202 g/mol. The van der Waals surface area contributed by atoms with Crippen molar-refractivity contribution in [3.63, 3.8) is 0 Å². The van der Waals surface area contributed by atoms with E-state index in [4.69, 9.17) is 5.73 Å². The number of amides is 1. The summed E-state index contributed by atoms with van der Waals surface area (Å²) < 4.78 is 0. The Kier molecular flexibility index (Phi) is 3.22. The first-order valence-electron chi connectivity index (χ1n) is 6.32. The number of piperazine rings is 1. The average molecular weight is 225 g/mol. The summed E-state index contributed by atoms with van der Waals surface area (Å²) in [5.41, 5.74) is 5.45. The minimum absolute atomic E-state index is 0.177. The molecule has 4 nitrogen and oxygen atoms in total. The summed E-state index contributed by atoms with van der Waals surface area (Å²) in [4.78, 5) is 16.4. The fraction of sp³-hybridized carbons (Fsp3) is 0.917. The van der Waals surface area contributed by atoms with E-state index in [9.17, 15) is 4.79 Å². The average Bonchev–Trinajstić information content (AvgIpc) is 2.97. The third kappa shape index (κ3) is 2.55. The van der Waals surface area contributed by atoms with Crippen molar-refractivity contribution in [3.05, 3.63) is 0 Å². The molecule has 1 aliphatic carbocycles. The lowest BCUT2D eigenvalue weighted by Gasteiger charge is -2.36. The topological polar surface area (TPSA) is 49.6 Å². The highest BCUT2D eigenvalue weighted by Gasteiger charge is 2.48. The summed E-state index contributed by atoms with van der Waals surface area (Å²) in [6.45, 7) is 9.30. The minimum Gasteiger partial charge on any atom is -0.339 e. The van der Waals surface area contributed by atoms with Crippen LogP contribution in [-0.4, -0.2) is 54.0 Å². The van der Waals surface area contributed by atoms with E-state index in [1.807, 2.05) is 4.90 Å². The van der Waals surface area contributed by atoms with E-state index in [2.05, 4.69) is 18.7 Å². The first kappa shape index (κ1) is 11.9. The van der Waals surface area contributed by atoms with Crippen LogP contribution in [0.4, 0.5) is 0 Å². The molecule has 92 valence electrons.